The van der Waals surface area contributed by atoms with Gasteiger partial charge in [0, 0.05) is 36.2 Å². The number of aliphatic hydroxyl groups is 1. The lowest BCUT2D eigenvalue weighted by molar-refractivity contribution is -0.138. The van der Waals surface area contributed by atoms with Gasteiger partial charge in [-0.15, -0.1) is 11.3 Å². The second kappa shape index (κ2) is 9.30. The molecule has 0 spiro atoms. The Hall–Kier alpha value is -3.28. The molecule has 0 aliphatic carbocycles. The Labute approximate surface area is 212 Å². The van der Waals surface area contributed by atoms with Crippen LogP contribution in [-0.2, 0) is 20.4 Å². The van der Waals surface area contributed by atoms with Gasteiger partial charge in [0.1, 0.15) is 11.9 Å². The molecule has 2 aromatic heterocycles. The molecule has 0 bridgehead atoms. The predicted octanol–water partition coefficient (Wildman–Crippen LogP) is 4.11. The van der Waals surface area contributed by atoms with Crippen LogP contribution in [0.4, 0.5) is 9.52 Å². The second-order valence-electron chi connectivity index (χ2n) is 8.90. The number of halogens is 1. The maximum Gasteiger partial charge on any atom is 0.263 e. The maximum atomic E-state index is 14.1. The highest BCUT2D eigenvalue weighted by atomic mass is 32.2. The molecule has 8 nitrogen and oxygen atoms in total. The van der Waals surface area contributed by atoms with E-state index in [1.165, 1.54) is 35.7 Å². The number of nitrogens with zero attached hydrogens (tertiary/aromatic N) is 3. The van der Waals surface area contributed by atoms with E-state index in [9.17, 15) is 22.7 Å². The number of thiazole rings is 1. The van der Waals surface area contributed by atoms with Crippen LogP contribution in [0.25, 0.3) is 10.9 Å². The highest BCUT2D eigenvalue weighted by Gasteiger charge is 2.37. The van der Waals surface area contributed by atoms with E-state index in [2.05, 4.69) is 9.71 Å². The number of hydrogen-bond donors (Lipinski definition) is 2. The van der Waals surface area contributed by atoms with Crippen LogP contribution >= 0.6 is 11.3 Å². The van der Waals surface area contributed by atoms with Gasteiger partial charge in [0.2, 0.25) is 5.91 Å². The topological polar surface area (TPSA) is 105 Å². The number of nitrogens with one attached hydrogen (secondary N) is 1. The summed E-state index contributed by atoms with van der Waals surface area (Å²) < 4.78 is 43.4. The number of sulfonamides is 1. The number of rotatable bonds is 6. The van der Waals surface area contributed by atoms with Crippen molar-refractivity contribution in [2.24, 2.45) is 0 Å². The molecule has 1 aliphatic rings. The number of piperidine rings is 1. The van der Waals surface area contributed by atoms with E-state index >= 15 is 0 Å². The zero-order chi connectivity index (χ0) is 25.5. The van der Waals surface area contributed by atoms with Crippen LogP contribution in [0.15, 0.2) is 71.2 Å². The number of hydrogen-bond acceptors (Lipinski definition) is 6. The molecule has 11 heteroatoms. The van der Waals surface area contributed by atoms with Gasteiger partial charge in [-0.1, -0.05) is 18.2 Å². The van der Waals surface area contributed by atoms with Gasteiger partial charge in [-0.3, -0.25) is 9.52 Å². The minimum atomic E-state index is -3.78. The number of carbonyl (C=O) groups excluding carboxylic acids is 1. The third kappa shape index (κ3) is 4.49. The molecule has 0 radical (unpaired) electrons. The Balaban J connectivity index is 1.26. The van der Waals surface area contributed by atoms with Crippen LogP contribution < -0.4 is 4.72 Å². The van der Waals surface area contributed by atoms with Crippen molar-refractivity contribution in [3.05, 3.63) is 77.7 Å². The second-order valence-corrected chi connectivity index (χ2v) is 11.5. The maximum absolute atomic E-state index is 14.1. The molecular formula is C25H25FN4O4S2. The molecule has 1 amide bonds. The van der Waals surface area contributed by atoms with Gasteiger partial charge in [-0.2, -0.15) is 0 Å². The molecule has 188 valence electrons. The average Bonchev–Trinajstić information content (AvgIpc) is 3.54. The summed E-state index contributed by atoms with van der Waals surface area (Å²) in [6, 6.07) is 12.1. The van der Waals surface area contributed by atoms with Crippen LogP contribution in [-0.4, -0.2) is 47.0 Å². The van der Waals surface area contributed by atoms with E-state index in [0.29, 0.717) is 42.4 Å². The van der Waals surface area contributed by atoms with E-state index in [1.54, 1.807) is 58.3 Å². The number of amides is 1. The Kier molecular flexibility index (Phi) is 6.31. The van der Waals surface area contributed by atoms with Gasteiger partial charge in [-0.05, 0) is 55.7 Å². The van der Waals surface area contributed by atoms with Crippen LogP contribution in [0.1, 0.15) is 31.4 Å². The fourth-order valence-electron chi connectivity index (χ4n) is 4.65. The molecule has 1 aliphatic heterocycles. The minimum absolute atomic E-state index is 0.0712. The molecule has 1 saturated heterocycles. The summed E-state index contributed by atoms with van der Waals surface area (Å²) in [5.41, 5.74) is 0.0837. The number of aromatic nitrogens is 2. The first-order chi connectivity index (χ1) is 17.2. The third-order valence-corrected chi connectivity index (χ3v) is 8.92. The molecule has 4 aromatic rings. The van der Waals surface area contributed by atoms with Crippen LogP contribution in [0.2, 0.25) is 0 Å². The molecule has 0 saturated carbocycles. The van der Waals surface area contributed by atoms with Crippen LogP contribution in [0.5, 0.6) is 0 Å². The smallest absolute Gasteiger partial charge is 0.263 e. The summed E-state index contributed by atoms with van der Waals surface area (Å²) in [5.74, 6) is -0.430. The number of benzene rings is 2. The van der Waals surface area contributed by atoms with Crippen molar-refractivity contribution in [3.63, 3.8) is 0 Å². The van der Waals surface area contributed by atoms with Crippen LogP contribution in [0, 0.1) is 5.82 Å². The molecule has 1 atom stereocenters. The first-order valence-corrected chi connectivity index (χ1v) is 13.8. The lowest BCUT2D eigenvalue weighted by atomic mass is 9.84. The zero-order valence-electron chi connectivity index (χ0n) is 19.5. The van der Waals surface area contributed by atoms with Crippen molar-refractivity contribution < 1.29 is 22.7 Å². The highest BCUT2D eigenvalue weighted by Crippen LogP contribution is 2.34. The quantitative estimate of drug-likeness (QED) is 0.392. The lowest BCUT2D eigenvalue weighted by Gasteiger charge is -2.39. The van der Waals surface area contributed by atoms with E-state index < -0.39 is 21.7 Å². The monoisotopic (exact) mass is 528 g/mol. The molecule has 36 heavy (non-hydrogen) atoms. The van der Waals surface area contributed by atoms with E-state index in [1.807, 2.05) is 0 Å². The van der Waals surface area contributed by atoms with Gasteiger partial charge < -0.3 is 14.6 Å². The van der Waals surface area contributed by atoms with Crippen molar-refractivity contribution in [2.75, 3.05) is 17.8 Å². The Morgan fingerprint density at radius 3 is 2.56 bits per heavy atom. The Morgan fingerprint density at radius 1 is 1.17 bits per heavy atom. The first-order valence-electron chi connectivity index (χ1n) is 11.5. The number of likely N-dealkylation sites (tertiary alicyclic amines) is 1. The fraction of sp³-hybridized carbons (Fsp3) is 0.280. The van der Waals surface area contributed by atoms with Crippen molar-refractivity contribution in [3.8, 4) is 0 Å². The largest absolute Gasteiger partial charge is 0.385 e. The van der Waals surface area contributed by atoms with E-state index in [0.717, 1.165) is 0 Å². The average molecular weight is 529 g/mol. The summed E-state index contributed by atoms with van der Waals surface area (Å²) in [6.07, 6.45) is 3.86. The molecule has 0 unspecified atom stereocenters. The number of fused-ring (bicyclic) bond motifs is 1. The Morgan fingerprint density at radius 2 is 1.89 bits per heavy atom. The van der Waals surface area contributed by atoms with Gasteiger partial charge in [0.15, 0.2) is 5.13 Å². The van der Waals surface area contributed by atoms with Crippen LogP contribution in [0.3, 0.4) is 0 Å². The van der Waals surface area contributed by atoms with E-state index in [4.69, 9.17) is 0 Å². The third-order valence-electron chi connectivity index (χ3n) is 6.74. The summed E-state index contributed by atoms with van der Waals surface area (Å²) in [7, 11) is -3.78. The number of carbonyl (C=O) groups is 1. The van der Waals surface area contributed by atoms with Crippen molar-refractivity contribution in [2.45, 2.75) is 36.3 Å². The van der Waals surface area contributed by atoms with Crippen molar-refractivity contribution in [1.29, 1.82) is 0 Å². The standard InChI is InChI=1S/C25H25FN4O4S2/c1-17(30-13-9-20-21(26)3-2-4-22(20)30)23(31)29-14-10-25(32,11-15-29)18-5-7-19(8-6-18)36(33,34)28-24-27-12-16-35-24/h2-9,12-13,16-17,32H,10-11,14-15H2,1H3,(H,27,28)/t17-/m0/s1. The number of anilines is 1. The van der Waals surface area contributed by atoms with Gasteiger partial charge in [0.05, 0.1) is 16.0 Å². The van der Waals surface area contributed by atoms with E-state index in [-0.39, 0.29) is 21.8 Å². The molecule has 5 rings (SSSR count). The molecule has 1 fully saturated rings. The first kappa shape index (κ1) is 24.4. The fourth-order valence-corrected chi connectivity index (χ4v) is 6.44. The molecule has 3 heterocycles. The SMILES string of the molecule is C[C@@H](C(=O)N1CCC(O)(c2ccc(S(=O)(=O)Nc3nccs3)cc2)CC1)n1ccc2c(F)cccc21. The summed E-state index contributed by atoms with van der Waals surface area (Å²) >= 11 is 1.18. The van der Waals surface area contributed by atoms with Gasteiger partial charge >= 0.3 is 0 Å². The summed E-state index contributed by atoms with van der Waals surface area (Å²) in [5, 5.41) is 13.7. The predicted molar refractivity (Wildman–Crippen MR) is 136 cm³/mol. The van der Waals surface area contributed by atoms with Gasteiger partial charge in [-0.25, -0.2) is 17.8 Å². The zero-order valence-corrected chi connectivity index (χ0v) is 21.1. The lowest BCUT2D eigenvalue weighted by Crippen LogP contribution is -2.47. The molecule has 2 N–H and O–H groups in total. The summed E-state index contributed by atoms with van der Waals surface area (Å²) in [6.45, 7) is 2.48. The Bertz CT molecular complexity index is 1490. The normalized spacial score (nSPS) is 16.7. The minimum Gasteiger partial charge on any atom is -0.385 e. The molecule has 2 aromatic carbocycles. The van der Waals surface area contributed by atoms with Crippen molar-refractivity contribution in [1.82, 2.24) is 14.5 Å². The highest BCUT2D eigenvalue weighted by molar-refractivity contribution is 7.93. The van der Waals surface area contributed by atoms with Gasteiger partial charge in [0.25, 0.3) is 10.0 Å². The summed E-state index contributed by atoms with van der Waals surface area (Å²) in [4.78, 5) is 18.9. The van der Waals surface area contributed by atoms with Crippen molar-refractivity contribution >= 4 is 43.3 Å². The molecular weight excluding hydrogens is 503 g/mol.